The number of hydrogen-bond donors (Lipinski definition) is 1. The smallest absolute Gasteiger partial charge is 0.231 e. The molecule has 1 aliphatic rings. The van der Waals surface area contributed by atoms with E-state index in [1.165, 1.54) is 0 Å². The highest BCUT2D eigenvalue weighted by atomic mass is 16.5. The highest BCUT2D eigenvalue weighted by Crippen LogP contribution is 2.40. The first-order valence-corrected chi connectivity index (χ1v) is 8.47. The number of fused-ring (bicyclic) bond motifs is 1. The molecule has 1 aromatic carbocycles. The summed E-state index contributed by atoms with van der Waals surface area (Å²) in [5, 5.41) is 10.3. The topological polar surface area (TPSA) is 62.7 Å². The number of unbranched alkanes of at least 4 members (excludes halogenated alkanes) is 1. The van der Waals surface area contributed by atoms with Gasteiger partial charge in [-0.05, 0) is 55.9 Å². The highest BCUT2D eigenvalue weighted by Gasteiger charge is 2.31. The van der Waals surface area contributed by atoms with Crippen LogP contribution in [0.4, 0.5) is 0 Å². The van der Waals surface area contributed by atoms with Gasteiger partial charge in [0, 0.05) is 18.9 Å². The van der Waals surface area contributed by atoms with Crippen LogP contribution in [0.5, 0.6) is 11.5 Å². The van der Waals surface area contributed by atoms with E-state index in [1.807, 2.05) is 19.2 Å². The SMILES string of the molecule is CCCCN(C)Cc1c(O)ccc2c1O/C(=C\c1ccncc1)C2=O. The summed E-state index contributed by atoms with van der Waals surface area (Å²) in [5.41, 5.74) is 2.00. The van der Waals surface area contributed by atoms with Crippen LogP contribution in [0.25, 0.3) is 6.08 Å². The van der Waals surface area contributed by atoms with Crippen molar-refractivity contribution in [1.29, 1.82) is 0 Å². The van der Waals surface area contributed by atoms with Gasteiger partial charge in [0.2, 0.25) is 5.78 Å². The quantitative estimate of drug-likeness (QED) is 0.815. The number of allylic oxidation sites excluding steroid dienone is 1. The Kier molecular flexibility index (Phi) is 5.14. The Bertz CT molecular complexity index is 800. The molecule has 0 saturated carbocycles. The van der Waals surface area contributed by atoms with Crippen LogP contribution in [-0.4, -0.2) is 34.4 Å². The number of aromatic nitrogens is 1. The van der Waals surface area contributed by atoms with Gasteiger partial charge in [0.25, 0.3) is 0 Å². The Morgan fingerprint density at radius 3 is 2.72 bits per heavy atom. The lowest BCUT2D eigenvalue weighted by Gasteiger charge is -2.18. The summed E-state index contributed by atoms with van der Waals surface area (Å²) in [6, 6.07) is 6.81. The van der Waals surface area contributed by atoms with E-state index in [2.05, 4.69) is 16.8 Å². The second-order valence-corrected chi connectivity index (χ2v) is 6.25. The molecule has 5 heteroatoms. The molecule has 0 radical (unpaired) electrons. The van der Waals surface area contributed by atoms with Crippen LogP contribution in [0, 0.1) is 0 Å². The molecule has 0 saturated heterocycles. The molecule has 2 aromatic rings. The molecule has 0 bridgehead atoms. The van der Waals surface area contributed by atoms with Gasteiger partial charge in [0.1, 0.15) is 11.5 Å². The lowest BCUT2D eigenvalue weighted by Crippen LogP contribution is -2.19. The first-order chi connectivity index (χ1) is 12.1. The average molecular weight is 338 g/mol. The summed E-state index contributed by atoms with van der Waals surface area (Å²) in [5.74, 6) is 0.724. The maximum absolute atomic E-state index is 12.6. The fourth-order valence-corrected chi connectivity index (χ4v) is 2.84. The number of hydrogen-bond acceptors (Lipinski definition) is 5. The third-order valence-electron chi connectivity index (χ3n) is 4.24. The second-order valence-electron chi connectivity index (χ2n) is 6.25. The van der Waals surface area contributed by atoms with E-state index in [1.54, 1.807) is 30.6 Å². The van der Waals surface area contributed by atoms with E-state index >= 15 is 0 Å². The summed E-state index contributed by atoms with van der Waals surface area (Å²) in [6.07, 6.45) is 7.22. The number of ether oxygens (including phenoxy) is 1. The van der Waals surface area contributed by atoms with Crippen molar-refractivity contribution in [2.24, 2.45) is 0 Å². The number of Topliss-reactive ketones (excluding diaryl/α,β-unsaturated/α-hetero) is 1. The zero-order valence-corrected chi connectivity index (χ0v) is 14.5. The number of carbonyl (C=O) groups excluding carboxylic acids is 1. The standard InChI is InChI=1S/C20H22N2O3/c1-3-4-11-22(2)13-16-17(23)6-5-15-19(24)18(25-20(15)16)12-14-7-9-21-10-8-14/h5-10,12,23H,3-4,11,13H2,1-2H3/b18-12-. The zero-order valence-electron chi connectivity index (χ0n) is 14.5. The summed E-state index contributed by atoms with van der Waals surface area (Å²) in [6.45, 7) is 3.60. The van der Waals surface area contributed by atoms with Gasteiger partial charge < -0.3 is 14.7 Å². The van der Waals surface area contributed by atoms with Crippen molar-refractivity contribution in [2.75, 3.05) is 13.6 Å². The van der Waals surface area contributed by atoms with Gasteiger partial charge in [-0.1, -0.05) is 13.3 Å². The van der Waals surface area contributed by atoms with E-state index in [4.69, 9.17) is 4.74 Å². The number of ketones is 1. The molecule has 5 nitrogen and oxygen atoms in total. The molecular weight excluding hydrogens is 316 g/mol. The largest absolute Gasteiger partial charge is 0.507 e. The molecule has 1 N–H and O–H groups in total. The van der Waals surface area contributed by atoms with Crippen molar-refractivity contribution in [2.45, 2.75) is 26.3 Å². The minimum Gasteiger partial charge on any atom is -0.507 e. The first-order valence-electron chi connectivity index (χ1n) is 8.47. The monoisotopic (exact) mass is 338 g/mol. The van der Waals surface area contributed by atoms with Gasteiger partial charge in [-0.25, -0.2) is 0 Å². The van der Waals surface area contributed by atoms with Crippen LogP contribution in [0.3, 0.4) is 0 Å². The minimum atomic E-state index is -0.163. The molecule has 25 heavy (non-hydrogen) atoms. The molecular formula is C20H22N2O3. The summed E-state index contributed by atoms with van der Waals surface area (Å²) in [7, 11) is 2.00. The van der Waals surface area contributed by atoms with E-state index in [0.717, 1.165) is 24.9 Å². The van der Waals surface area contributed by atoms with Crippen molar-refractivity contribution in [3.63, 3.8) is 0 Å². The van der Waals surface area contributed by atoms with Crippen molar-refractivity contribution in [3.05, 3.63) is 59.1 Å². The van der Waals surface area contributed by atoms with Crippen LogP contribution in [-0.2, 0) is 6.54 Å². The van der Waals surface area contributed by atoms with Gasteiger partial charge in [0.05, 0.1) is 11.1 Å². The molecule has 0 unspecified atom stereocenters. The van der Waals surface area contributed by atoms with E-state index in [-0.39, 0.29) is 17.3 Å². The molecule has 130 valence electrons. The van der Waals surface area contributed by atoms with Crippen molar-refractivity contribution in [1.82, 2.24) is 9.88 Å². The Hall–Kier alpha value is -2.66. The number of phenolic OH excluding ortho intramolecular Hbond substituents is 1. The number of benzene rings is 1. The molecule has 0 aliphatic carbocycles. The normalized spacial score (nSPS) is 14.8. The third-order valence-corrected chi connectivity index (χ3v) is 4.24. The van der Waals surface area contributed by atoms with Crippen molar-refractivity contribution in [3.8, 4) is 11.5 Å². The van der Waals surface area contributed by atoms with Gasteiger partial charge in [-0.15, -0.1) is 0 Å². The van der Waals surface area contributed by atoms with Gasteiger partial charge >= 0.3 is 0 Å². The zero-order chi connectivity index (χ0) is 17.8. The van der Waals surface area contributed by atoms with E-state index in [9.17, 15) is 9.90 Å². The summed E-state index contributed by atoms with van der Waals surface area (Å²) < 4.78 is 5.84. The predicted octanol–water partition coefficient (Wildman–Crippen LogP) is 3.64. The van der Waals surface area contributed by atoms with E-state index < -0.39 is 0 Å². The van der Waals surface area contributed by atoms with Gasteiger partial charge in [-0.2, -0.15) is 0 Å². The Morgan fingerprint density at radius 1 is 1.24 bits per heavy atom. The lowest BCUT2D eigenvalue weighted by atomic mass is 10.0. The fourth-order valence-electron chi connectivity index (χ4n) is 2.84. The Labute approximate surface area is 147 Å². The fraction of sp³-hybridized carbons (Fsp3) is 0.300. The Morgan fingerprint density at radius 2 is 2.00 bits per heavy atom. The molecule has 2 heterocycles. The number of aromatic hydroxyl groups is 1. The van der Waals surface area contributed by atoms with Crippen LogP contribution in [0.2, 0.25) is 0 Å². The van der Waals surface area contributed by atoms with Crippen LogP contribution >= 0.6 is 0 Å². The Balaban J connectivity index is 1.89. The van der Waals surface area contributed by atoms with Crippen LogP contribution in [0.15, 0.2) is 42.4 Å². The number of carbonyl (C=O) groups is 1. The second kappa shape index (κ2) is 7.49. The molecule has 0 spiro atoms. The van der Waals surface area contributed by atoms with Gasteiger partial charge in [-0.3, -0.25) is 9.78 Å². The van der Waals surface area contributed by atoms with Crippen molar-refractivity contribution < 1.29 is 14.6 Å². The minimum absolute atomic E-state index is 0.153. The summed E-state index contributed by atoms with van der Waals surface area (Å²) in [4.78, 5) is 18.7. The van der Waals surface area contributed by atoms with E-state index in [0.29, 0.717) is 23.4 Å². The molecule has 3 rings (SSSR count). The van der Waals surface area contributed by atoms with Crippen LogP contribution < -0.4 is 4.74 Å². The lowest BCUT2D eigenvalue weighted by molar-refractivity contribution is 0.101. The number of phenols is 1. The summed E-state index contributed by atoms with van der Waals surface area (Å²) >= 11 is 0. The van der Waals surface area contributed by atoms with Crippen LogP contribution in [0.1, 0.15) is 41.3 Å². The molecule has 0 amide bonds. The first kappa shape index (κ1) is 17.2. The third kappa shape index (κ3) is 3.72. The molecule has 1 aliphatic heterocycles. The highest BCUT2D eigenvalue weighted by molar-refractivity contribution is 6.14. The van der Waals surface area contributed by atoms with Crippen molar-refractivity contribution >= 4 is 11.9 Å². The number of pyridine rings is 1. The maximum atomic E-state index is 12.6. The number of rotatable bonds is 6. The molecule has 0 fully saturated rings. The number of nitrogens with zero attached hydrogens (tertiary/aromatic N) is 2. The molecule has 1 aromatic heterocycles. The predicted molar refractivity (Wildman–Crippen MR) is 96.5 cm³/mol. The molecule has 0 atom stereocenters. The maximum Gasteiger partial charge on any atom is 0.231 e. The average Bonchev–Trinajstić information content (AvgIpc) is 2.93. The van der Waals surface area contributed by atoms with Gasteiger partial charge in [0.15, 0.2) is 5.76 Å².